The number of hydrogen-bond acceptors (Lipinski definition) is 4. The van der Waals surface area contributed by atoms with E-state index in [4.69, 9.17) is 11.6 Å². The Bertz CT molecular complexity index is 673. The minimum Gasteiger partial charge on any atom is -0.378 e. The first kappa shape index (κ1) is 15.8. The smallest absolute Gasteiger partial charge is 0.256 e. The molecule has 23 heavy (non-hydrogen) atoms. The van der Waals surface area contributed by atoms with Gasteiger partial charge in [0.05, 0.1) is 10.7 Å². The first-order valence-corrected chi connectivity index (χ1v) is 7.91. The molecule has 1 aliphatic rings. The van der Waals surface area contributed by atoms with Gasteiger partial charge in [-0.25, -0.2) is 0 Å². The Balaban J connectivity index is 1.63. The lowest BCUT2D eigenvalue weighted by atomic mass is 10.1. The molecule has 0 saturated carbocycles. The zero-order valence-electron chi connectivity index (χ0n) is 12.6. The van der Waals surface area contributed by atoms with Gasteiger partial charge in [0.2, 0.25) is 0 Å². The van der Waals surface area contributed by atoms with Crippen LogP contribution in [0.3, 0.4) is 0 Å². The lowest BCUT2D eigenvalue weighted by Crippen LogP contribution is -2.50. The van der Waals surface area contributed by atoms with Crippen LogP contribution in [0.4, 0.5) is 5.69 Å². The summed E-state index contributed by atoms with van der Waals surface area (Å²) in [6.07, 6.45) is 2.22. The van der Waals surface area contributed by atoms with Gasteiger partial charge in [-0.05, 0) is 11.6 Å². The van der Waals surface area contributed by atoms with Crippen LogP contribution in [0.5, 0.6) is 0 Å². The van der Waals surface area contributed by atoms with Gasteiger partial charge in [0.1, 0.15) is 0 Å². The van der Waals surface area contributed by atoms with E-state index < -0.39 is 6.10 Å². The Morgan fingerprint density at radius 3 is 2.48 bits per heavy atom. The first-order valence-electron chi connectivity index (χ1n) is 7.53. The van der Waals surface area contributed by atoms with Crippen LogP contribution in [0.15, 0.2) is 48.8 Å². The van der Waals surface area contributed by atoms with E-state index in [1.54, 1.807) is 29.4 Å². The summed E-state index contributed by atoms with van der Waals surface area (Å²) in [7, 11) is 0. The lowest BCUT2D eigenvalue weighted by Gasteiger charge is -2.37. The fourth-order valence-corrected chi connectivity index (χ4v) is 2.98. The molecule has 0 aliphatic carbocycles. The second-order valence-corrected chi connectivity index (χ2v) is 5.86. The molecule has 0 spiro atoms. The molecule has 0 unspecified atom stereocenters. The van der Waals surface area contributed by atoms with Crippen LogP contribution in [0.1, 0.15) is 11.7 Å². The molecule has 120 valence electrons. The molecule has 2 aromatic rings. The van der Waals surface area contributed by atoms with Crippen molar-refractivity contribution in [3.05, 3.63) is 59.4 Å². The number of benzene rings is 1. The number of halogens is 1. The van der Waals surface area contributed by atoms with Crippen LogP contribution in [0.2, 0.25) is 5.02 Å². The molecule has 1 amide bonds. The van der Waals surface area contributed by atoms with Crippen LogP contribution in [-0.2, 0) is 4.79 Å². The molecule has 5 nitrogen and oxygen atoms in total. The number of pyridine rings is 1. The molecule has 2 heterocycles. The van der Waals surface area contributed by atoms with E-state index in [1.165, 1.54) is 0 Å². The summed E-state index contributed by atoms with van der Waals surface area (Å²) >= 11 is 6.16. The Labute approximate surface area is 140 Å². The zero-order valence-corrected chi connectivity index (χ0v) is 13.4. The topological polar surface area (TPSA) is 56.7 Å². The van der Waals surface area contributed by atoms with E-state index in [2.05, 4.69) is 9.88 Å². The third-order valence-electron chi connectivity index (χ3n) is 4.03. The molecule has 1 fully saturated rings. The molecule has 0 radical (unpaired) electrons. The SMILES string of the molecule is O=C([C@@H](O)c1ccccc1)N1CCN(c2ccncc2Cl)CC1. The fraction of sp³-hybridized carbons (Fsp3) is 0.294. The van der Waals surface area contributed by atoms with Crippen molar-refractivity contribution < 1.29 is 9.90 Å². The minimum atomic E-state index is -1.10. The third-order valence-corrected chi connectivity index (χ3v) is 4.32. The van der Waals surface area contributed by atoms with Crippen LogP contribution in [0, 0.1) is 0 Å². The molecule has 1 aromatic carbocycles. The average molecular weight is 332 g/mol. The van der Waals surface area contributed by atoms with Gasteiger partial charge in [0.15, 0.2) is 6.10 Å². The average Bonchev–Trinajstić information content (AvgIpc) is 2.62. The van der Waals surface area contributed by atoms with Crippen molar-refractivity contribution in [2.45, 2.75) is 6.10 Å². The predicted molar refractivity (Wildman–Crippen MR) is 89.4 cm³/mol. The van der Waals surface area contributed by atoms with Crippen LogP contribution in [0.25, 0.3) is 0 Å². The number of nitrogens with zero attached hydrogens (tertiary/aromatic N) is 3. The van der Waals surface area contributed by atoms with E-state index in [0.29, 0.717) is 36.8 Å². The summed E-state index contributed by atoms with van der Waals surface area (Å²) in [6.45, 7) is 2.47. The van der Waals surface area contributed by atoms with Crippen molar-refractivity contribution in [3.8, 4) is 0 Å². The standard InChI is InChI=1S/C17H18ClN3O2/c18-14-12-19-7-6-15(14)20-8-10-21(11-9-20)17(23)16(22)13-4-2-1-3-5-13/h1-7,12,16,22H,8-11H2/t16-/m0/s1. The van der Waals surface area contributed by atoms with Crippen LogP contribution < -0.4 is 4.90 Å². The number of aliphatic hydroxyl groups is 1. The number of hydrogen-bond donors (Lipinski definition) is 1. The second-order valence-electron chi connectivity index (χ2n) is 5.45. The van der Waals surface area contributed by atoms with Gasteiger partial charge in [0, 0.05) is 38.6 Å². The Morgan fingerprint density at radius 1 is 1.13 bits per heavy atom. The highest BCUT2D eigenvalue weighted by molar-refractivity contribution is 6.33. The molecule has 1 aliphatic heterocycles. The van der Waals surface area contributed by atoms with Crippen LogP contribution in [-0.4, -0.2) is 47.1 Å². The summed E-state index contributed by atoms with van der Waals surface area (Å²) in [4.78, 5) is 20.2. The largest absolute Gasteiger partial charge is 0.378 e. The molecule has 3 rings (SSSR count). The number of piperazine rings is 1. The monoisotopic (exact) mass is 331 g/mol. The number of rotatable bonds is 3. The lowest BCUT2D eigenvalue weighted by molar-refractivity contribution is -0.140. The normalized spacial score (nSPS) is 16.3. The van der Waals surface area contributed by atoms with E-state index >= 15 is 0 Å². The summed E-state index contributed by atoms with van der Waals surface area (Å²) in [5.41, 5.74) is 1.55. The predicted octanol–water partition coefficient (Wildman–Crippen LogP) is 2.12. The van der Waals surface area contributed by atoms with Gasteiger partial charge in [-0.15, -0.1) is 0 Å². The van der Waals surface area contributed by atoms with Gasteiger partial charge < -0.3 is 14.9 Å². The third kappa shape index (κ3) is 3.46. The van der Waals surface area contributed by atoms with Crippen molar-refractivity contribution in [1.82, 2.24) is 9.88 Å². The van der Waals surface area contributed by atoms with E-state index in [9.17, 15) is 9.90 Å². The Hall–Kier alpha value is -2.11. The van der Waals surface area contributed by atoms with Gasteiger partial charge >= 0.3 is 0 Å². The highest BCUT2D eigenvalue weighted by atomic mass is 35.5. The molecular weight excluding hydrogens is 314 g/mol. The van der Waals surface area contributed by atoms with Crippen molar-refractivity contribution in [2.24, 2.45) is 0 Å². The summed E-state index contributed by atoms with van der Waals surface area (Å²) in [6, 6.07) is 10.9. The maximum Gasteiger partial charge on any atom is 0.256 e. The van der Waals surface area contributed by atoms with Crippen molar-refractivity contribution in [3.63, 3.8) is 0 Å². The van der Waals surface area contributed by atoms with Gasteiger partial charge in [-0.2, -0.15) is 0 Å². The van der Waals surface area contributed by atoms with Crippen molar-refractivity contribution in [1.29, 1.82) is 0 Å². The van der Waals surface area contributed by atoms with E-state index in [-0.39, 0.29) is 5.91 Å². The van der Waals surface area contributed by atoms with Gasteiger partial charge in [-0.1, -0.05) is 41.9 Å². The highest BCUT2D eigenvalue weighted by Crippen LogP contribution is 2.25. The first-order chi connectivity index (χ1) is 11.2. The van der Waals surface area contributed by atoms with Crippen molar-refractivity contribution in [2.75, 3.05) is 31.1 Å². The quantitative estimate of drug-likeness (QED) is 0.936. The number of aromatic nitrogens is 1. The molecule has 6 heteroatoms. The molecule has 1 saturated heterocycles. The second kappa shape index (κ2) is 6.98. The van der Waals surface area contributed by atoms with Crippen molar-refractivity contribution >= 4 is 23.2 Å². The van der Waals surface area contributed by atoms with Crippen LogP contribution >= 0.6 is 11.6 Å². The Kier molecular flexibility index (Phi) is 4.79. The Morgan fingerprint density at radius 2 is 1.83 bits per heavy atom. The molecular formula is C17H18ClN3O2. The van der Waals surface area contributed by atoms with E-state index in [1.807, 2.05) is 24.3 Å². The zero-order chi connectivity index (χ0) is 16.2. The van der Waals surface area contributed by atoms with Gasteiger partial charge in [0.25, 0.3) is 5.91 Å². The maximum absolute atomic E-state index is 12.4. The number of aliphatic hydroxyl groups excluding tert-OH is 1. The van der Waals surface area contributed by atoms with E-state index in [0.717, 1.165) is 5.69 Å². The minimum absolute atomic E-state index is 0.253. The summed E-state index contributed by atoms with van der Waals surface area (Å²) in [5.74, 6) is -0.253. The number of carbonyl (C=O) groups is 1. The van der Waals surface area contributed by atoms with Gasteiger partial charge in [-0.3, -0.25) is 9.78 Å². The summed E-state index contributed by atoms with van der Waals surface area (Å²) < 4.78 is 0. The summed E-state index contributed by atoms with van der Waals surface area (Å²) in [5, 5.41) is 10.8. The molecule has 1 N–H and O–H groups in total. The molecule has 1 aromatic heterocycles. The maximum atomic E-state index is 12.4. The number of carbonyl (C=O) groups excluding carboxylic acids is 1. The highest BCUT2D eigenvalue weighted by Gasteiger charge is 2.27. The number of amides is 1. The fourth-order valence-electron chi connectivity index (χ4n) is 2.74. The number of anilines is 1. The molecule has 1 atom stereocenters. The molecule has 0 bridgehead atoms.